The summed E-state index contributed by atoms with van der Waals surface area (Å²) in [5.74, 6) is 1.95. The number of rotatable bonds is 4. The summed E-state index contributed by atoms with van der Waals surface area (Å²) in [6.07, 6.45) is 7.07. The molecule has 0 aliphatic carbocycles. The molecule has 3 rings (SSSR count). The van der Waals surface area contributed by atoms with Gasteiger partial charge < -0.3 is 15.5 Å². The van der Waals surface area contributed by atoms with Gasteiger partial charge in [-0.2, -0.15) is 0 Å². The van der Waals surface area contributed by atoms with Gasteiger partial charge in [-0.3, -0.25) is 0 Å². The van der Waals surface area contributed by atoms with Gasteiger partial charge in [0.05, 0.1) is 5.69 Å². The summed E-state index contributed by atoms with van der Waals surface area (Å²) < 4.78 is 0. The highest BCUT2D eigenvalue weighted by Crippen LogP contribution is 2.26. The average Bonchev–Trinajstić information content (AvgIpc) is 3.01. The number of anilines is 2. The van der Waals surface area contributed by atoms with Crippen LogP contribution in [0.25, 0.3) is 0 Å². The highest BCUT2D eigenvalue weighted by atomic mass is 15.2. The van der Waals surface area contributed by atoms with E-state index in [9.17, 15) is 0 Å². The molecule has 0 saturated carbocycles. The Balaban J connectivity index is 1.62. The van der Waals surface area contributed by atoms with Crippen LogP contribution in [0.15, 0.2) is 18.3 Å². The fourth-order valence-electron chi connectivity index (χ4n) is 3.06. The molecule has 2 N–H and O–H groups in total. The van der Waals surface area contributed by atoms with Crippen LogP contribution < -0.4 is 15.5 Å². The molecule has 2 saturated heterocycles. The highest BCUT2D eigenvalue weighted by molar-refractivity contribution is 5.65. The fraction of sp³-hybridized carbons (Fsp3) is 0.667. The standard InChI is InChI=1S/C15H24N4/c1-2-11-19(10-1)15-14(4-3-7-17-15)18-12-13-5-8-16-9-6-13/h3-4,7,13,16,18H,1-2,5-6,8-12H2. The maximum atomic E-state index is 4.58. The lowest BCUT2D eigenvalue weighted by Crippen LogP contribution is -2.31. The molecule has 0 atom stereocenters. The fourth-order valence-corrected chi connectivity index (χ4v) is 3.06. The summed E-state index contributed by atoms with van der Waals surface area (Å²) in [6, 6.07) is 4.20. The molecule has 0 aromatic carbocycles. The second-order valence-electron chi connectivity index (χ2n) is 5.64. The van der Waals surface area contributed by atoms with Crippen molar-refractivity contribution in [1.82, 2.24) is 10.3 Å². The van der Waals surface area contributed by atoms with Crippen molar-refractivity contribution in [3.63, 3.8) is 0 Å². The minimum Gasteiger partial charge on any atom is -0.382 e. The van der Waals surface area contributed by atoms with Crippen LogP contribution in [0.3, 0.4) is 0 Å². The van der Waals surface area contributed by atoms with Gasteiger partial charge in [0.15, 0.2) is 5.82 Å². The first kappa shape index (κ1) is 12.7. The number of aromatic nitrogens is 1. The summed E-state index contributed by atoms with van der Waals surface area (Å²) >= 11 is 0. The normalized spacial score (nSPS) is 20.7. The van der Waals surface area contributed by atoms with E-state index in [0.29, 0.717) is 0 Å². The second-order valence-corrected chi connectivity index (χ2v) is 5.64. The monoisotopic (exact) mass is 260 g/mol. The quantitative estimate of drug-likeness (QED) is 0.870. The van der Waals surface area contributed by atoms with Gasteiger partial charge in [0.1, 0.15) is 0 Å². The van der Waals surface area contributed by atoms with Gasteiger partial charge in [-0.25, -0.2) is 4.98 Å². The van der Waals surface area contributed by atoms with Crippen LogP contribution in [0.2, 0.25) is 0 Å². The Morgan fingerprint density at radius 3 is 2.84 bits per heavy atom. The van der Waals surface area contributed by atoms with Crippen molar-refractivity contribution >= 4 is 11.5 Å². The van der Waals surface area contributed by atoms with Crippen molar-refractivity contribution in [2.24, 2.45) is 5.92 Å². The van der Waals surface area contributed by atoms with Gasteiger partial charge in [0.25, 0.3) is 0 Å². The third-order valence-electron chi connectivity index (χ3n) is 4.23. The molecule has 2 aliphatic heterocycles. The molecule has 104 valence electrons. The average molecular weight is 260 g/mol. The largest absolute Gasteiger partial charge is 0.382 e. The lowest BCUT2D eigenvalue weighted by Gasteiger charge is -2.25. The van der Waals surface area contributed by atoms with E-state index in [4.69, 9.17) is 0 Å². The minimum absolute atomic E-state index is 0.799. The van der Waals surface area contributed by atoms with Gasteiger partial charge in [-0.05, 0) is 56.8 Å². The van der Waals surface area contributed by atoms with Gasteiger partial charge in [-0.15, -0.1) is 0 Å². The zero-order valence-electron chi connectivity index (χ0n) is 11.6. The first-order chi connectivity index (χ1) is 9.43. The molecule has 3 heterocycles. The van der Waals surface area contributed by atoms with Crippen LogP contribution in [-0.2, 0) is 0 Å². The van der Waals surface area contributed by atoms with Crippen LogP contribution in [-0.4, -0.2) is 37.7 Å². The lowest BCUT2D eigenvalue weighted by molar-refractivity contribution is 0.390. The molecule has 1 aromatic rings. The Kier molecular flexibility index (Phi) is 4.18. The van der Waals surface area contributed by atoms with E-state index in [-0.39, 0.29) is 0 Å². The molecule has 2 fully saturated rings. The summed E-state index contributed by atoms with van der Waals surface area (Å²) in [5.41, 5.74) is 1.21. The Hall–Kier alpha value is -1.29. The highest BCUT2D eigenvalue weighted by Gasteiger charge is 2.18. The molecule has 1 aromatic heterocycles. The smallest absolute Gasteiger partial charge is 0.151 e. The summed E-state index contributed by atoms with van der Waals surface area (Å²) in [4.78, 5) is 6.98. The molecule has 4 heteroatoms. The number of nitrogens with one attached hydrogen (secondary N) is 2. The SMILES string of the molecule is c1cnc(N2CCCC2)c(NCC2CCNCC2)c1. The summed E-state index contributed by atoms with van der Waals surface area (Å²) in [7, 11) is 0. The number of hydrogen-bond donors (Lipinski definition) is 2. The van der Waals surface area contributed by atoms with Gasteiger partial charge >= 0.3 is 0 Å². The van der Waals surface area contributed by atoms with Gasteiger partial charge in [-0.1, -0.05) is 0 Å². The van der Waals surface area contributed by atoms with Crippen molar-refractivity contribution in [2.75, 3.05) is 42.9 Å². The van der Waals surface area contributed by atoms with E-state index in [1.807, 2.05) is 12.3 Å². The van der Waals surface area contributed by atoms with E-state index in [2.05, 4.69) is 26.6 Å². The van der Waals surface area contributed by atoms with Crippen molar-refractivity contribution in [1.29, 1.82) is 0 Å². The lowest BCUT2D eigenvalue weighted by atomic mass is 9.98. The molecular formula is C15H24N4. The molecule has 0 bridgehead atoms. The molecule has 0 unspecified atom stereocenters. The molecule has 2 aliphatic rings. The maximum absolute atomic E-state index is 4.58. The third-order valence-corrected chi connectivity index (χ3v) is 4.23. The second kappa shape index (κ2) is 6.24. The van der Waals surface area contributed by atoms with Crippen LogP contribution in [0.1, 0.15) is 25.7 Å². The van der Waals surface area contributed by atoms with Crippen molar-refractivity contribution in [3.05, 3.63) is 18.3 Å². The van der Waals surface area contributed by atoms with Crippen LogP contribution in [0, 0.1) is 5.92 Å². The van der Waals surface area contributed by atoms with E-state index >= 15 is 0 Å². The molecule has 19 heavy (non-hydrogen) atoms. The Bertz CT molecular complexity index is 395. The third kappa shape index (κ3) is 3.18. The zero-order valence-corrected chi connectivity index (χ0v) is 11.6. The van der Waals surface area contributed by atoms with E-state index in [1.54, 1.807) is 0 Å². The zero-order chi connectivity index (χ0) is 12.9. The minimum atomic E-state index is 0.799. The predicted octanol–water partition coefficient (Wildman–Crippen LogP) is 2.09. The maximum Gasteiger partial charge on any atom is 0.151 e. The Morgan fingerprint density at radius 1 is 1.26 bits per heavy atom. The van der Waals surface area contributed by atoms with Crippen molar-refractivity contribution in [2.45, 2.75) is 25.7 Å². The van der Waals surface area contributed by atoms with Crippen molar-refractivity contribution < 1.29 is 0 Å². The Morgan fingerprint density at radius 2 is 2.05 bits per heavy atom. The number of piperidine rings is 1. The predicted molar refractivity (Wildman–Crippen MR) is 79.8 cm³/mol. The summed E-state index contributed by atoms with van der Waals surface area (Å²) in [5, 5.41) is 7.05. The molecule has 0 radical (unpaired) electrons. The first-order valence-electron chi connectivity index (χ1n) is 7.58. The number of nitrogens with zero attached hydrogens (tertiary/aromatic N) is 2. The summed E-state index contributed by atoms with van der Waals surface area (Å²) in [6.45, 7) is 5.71. The topological polar surface area (TPSA) is 40.2 Å². The Labute approximate surface area is 115 Å². The van der Waals surface area contributed by atoms with Crippen molar-refractivity contribution in [3.8, 4) is 0 Å². The van der Waals surface area contributed by atoms with Crippen LogP contribution in [0.5, 0.6) is 0 Å². The molecular weight excluding hydrogens is 236 g/mol. The molecule has 0 amide bonds. The van der Waals surface area contributed by atoms with E-state index in [1.165, 1.54) is 44.5 Å². The van der Waals surface area contributed by atoms with Gasteiger partial charge in [0.2, 0.25) is 0 Å². The van der Waals surface area contributed by atoms with E-state index in [0.717, 1.165) is 31.4 Å². The van der Waals surface area contributed by atoms with Crippen LogP contribution >= 0.6 is 0 Å². The van der Waals surface area contributed by atoms with E-state index < -0.39 is 0 Å². The van der Waals surface area contributed by atoms with Gasteiger partial charge in [0, 0.05) is 25.8 Å². The molecule has 0 spiro atoms. The number of pyridine rings is 1. The number of hydrogen-bond acceptors (Lipinski definition) is 4. The molecule has 4 nitrogen and oxygen atoms in total. The van der Waals surface area contributed by atoms with Crippen LogP contribution in [0.4, 0.5) is 11.5 Å². The first-order valence-corrected chi connectivity index (χ1v) is 7.58.